The Labute approximate surface area is 232 Å². The second-order valence-electron chi connectivity index (χ2n) is 9.75. The predicted molar refractivity (Wildman–Crippen MR) is 144 cm³/mol. The summed E-state index contributed by atoms with van der Waals surface area (Å²) in [6.07, 6.45) is 0. The van der Waals surface area contributed by atoms with E-state index in [2.05, 4.69) is 24.1 Å². The molecule has 0 bridgehead atoms. The number of aromatic amines is 2. The Morgan fingerprint density at radius 1 is 1.11 bits per heavy atom. The van der Waals surface area contributed by atoms with E-state index in [-0.39, 0.29) is 30.0 Å². The summed E-state index contributed by atoms with van der Waals surface area (Å²) >= 11 is 6.46. The van der Waals surface area contributed by atoms with Crippen LogP contribution in [-0.4, -0.2) is 68.8 Å². The minimum Gasteiger partial charge on any atom is -1.00 e. The summed E-state index contributed by atoms with van der Waals surface area (Å²) in [5, 5.41) is 12.7. The van der Waals surface area contributed by atoms with Gasteiger partial charge in [-0.3, -0.25) is 4.79 Å². The van der Waals surface area contributed by atoms with Crippen LogP contribution in [0.4, 0.5) is 5.69 Å². The third-order valence-electron chi connectivity index (χ3n) is 7.11. The summed E-state index contributed by atoms with van der Waals surface area (Å²) in [7, 11) is 8.81. The van der Waals surface area contributed by atoms with Crippen molar-refractivity contribution in [3.8, 4) is 23.0 Å². The number of rotatable bonds is 7. The van der Waals surface area contributed by atoms with Gasteiger partial charge in [-0.05, 0) is 24.6 Å². The molecule has 1 amide bonds. The average Bonchev–Trinajstić information content (AvgIpc) is 3.55. The van der Waals surface area contributed by atoms with Crippen molar-refractivity contribution in [1.29, 1.82) is 0 Å². The third kappa shape index (κ3) is 4.19. The van der Waals surface area contributed by atoms with E-state index in [1.54, 1.807) is 37.3 Å². The molecule has 5 rings (SSSR count). The van der Waals surface area contributed by atoms with E-state index in [1.807, 2.05) is 6.92 Å². The van der Waals surface area contributed by atoms with Crippen LogP contribution in [0, 0.1) is 6.92 Å². The van der Waals surface area contributed by atoms with Gasteiger partial charge in [-0.2, -0.15) is 0 Å². The number of hydrogen-bond acceptors (Lipinski definition) is 5. The van der Waals surface area contributed by atoms with Gasteiger partial charge < -0.3 is 51.5 Å². The van der Waals surface area contributed by atoms with Crippen molar-refractivity contribution in [2.45, 2.75) is 19.4 Å². The zero-order valence-electron chi connectivity index (χ0n) is 22.2. The number of H-pyrrole nitrogens is 2. The normalized spacial score (nSPS) is 14.7. The van der Waals surface area contributed by atoms with Crippen LogP contribution in [0.5, 0.6) is 23.0 Å². The van der Waals surface area contributed by atoms with Gasteiger partial charge in [-0.15, -0.1) is 11.6 Å². The van der Waals surface area contributed by atoms with Crippen LogP contribution in [0.15, 0.2) is 18.2 Å². The Kier molecular flexibility index (Phi) is 7.65. The van der Waals surface area contributed by atoms with Crippen molar-refractivity contribution < 1.29 is 41.4 Å². The molecule has 9 nitrogen and oxygen atoms in total. The Morgan fingerprint density at radius 3 is 2.42 bits per heavy atom. The number of nitrogens with zero attached hydrogens (tertiary/aromatic N) is 1. The van der Waals surface area contributed by atoms with Crippen molar-refractivity contribution in [2.24, 2.45) is 0 Å². The molecule has 4 aromatic rings. The third-order valence-corrected chi connectivity index (χ3v) is 7.48. The van der Waals surface area contributed by atoms with Gasteiger partial charge in [0.15, 0.2) is 11.5 Å². The van der Waals surface area contributed by atoms with Crippen molar-refractivity contribution in [2.75, 3.05) is 52.7 Å². The number of quaternary nitrogens is 1. The fraction of sp³-hybridized carbons (Fsp3) is 0.370. The smallest absolute Gasteiger partial charge is 0.274 e. The molecular weight excluding hydrogens is 531 g/mol. The van der Waals surface area contributed by atoms with Crippen molar-refractivity contribution in [3.05, 3.63) is 40.7 Å². The number of hydrogen-bond donors (Lipinski definition) is 4. The van der Waals surface area contributed by atoms with E-state index in [1.165, 1.54) is 12.0 Å². The lowest BCUT2D eigenvalue weighted by Crippen LogP contribution is -3.04. The first-order valence-electron chi connectivity index (χ1n) is 12.1. The molecule has 4 N–H and O–H groups in total. The molecule has 3 heterocycles. The number of aromatic nitrogens is 2. The van der Waals surface area contributed by atoms with Gasteiger partial charge in [-0.25, -0.2) is 0 Å². The second kappa shape index (κ2) is 10.5. The van der Waals surface area contributed by atoms with Crippen molar-refractivity contribution in [1.82, 2.24) is 9.97 Å². The molecule has 2 aromatic heterocycles. The molecule has 204 valence electrons. The molecule has 0 fully saturated rings. The first kappa shape index (κ1) is 27.8. The zero-order valence-corrected chi connectivity index (χ0v) is 23.7. The molecule has 0 radical (unpaired) electrons. The number of nitrogens with one attached hydrogen (secondary N) is 3. The lowest BCUT2D eigenvalue weighted by Gasteiger charge is -2.17. The van der Waals surface area contributed by atoms with Crippen molar-refractivity contribution in [3.63, 3.8) is 0 Å². The Bertz CT molecular complexity index is 1530. The van der Waals surface area contributed by atoms with Crippen LogP contribution in [0.1, 0.15) is 33.2 Å². The number of aryl methyl sites for hydroxylation is 1. The number of amides is 1. The molecule has 0 spiro atoms. The molecule has 1 atom stereocenters. The lowest BCUT2D eigenvalue weighted by atomic mass is 9.95. The van der Waals surface area contributed by atoms with Crippen LogP contribution < -0.4 is 36.4 Å². The molecule has 38 heavy (non-hydrogen) atoms. The topological polar surface area (TPSA) is 104 Å². The molecule has 1 aliphatic heterocycles. The van der Waals surface area contributed by atoms with Gasteiger partial charge in [0.2, 0.25) is 5.75 Å². The first-order valence-corrected chi connectivity index (χ1v) is 12.6. The monoisotopic (exact) mass is 562 g/mol. The maximum atomic E-state index is 13.9. The number of carbonyl (C=O) groups excluding carboxylic acids is 1. The molecule has 0 saturated carbocycles. The van der Waals surface area contributed by atoms with E-state index in [9.17, 15) is 9.90 Å². The van der Waals surface area contributed by atoms with Gasteiger partial charge in [0.25, 0.3) is 5.91 Å². The van der Waals surface area contributed by atoms with Crippen LogP contribution in [0.25, 0.3) is 21.8 Å². The summed E-state index contributed by atoms with van der Waals surface area (Å²) in [6.45, 7) is 3.20. The van der Waals surface area contributed by atoms with Gasteiger partial charge in [-0.1, -0.05) is 0 Å². The fourth-order valence-corrected chi connectivity index (χ4v) is 5.76. The van der Waals surface area contributed by atoms with Crippen molar-refractivity contribution >= 4 is 45.0 Å². The van der Waals surface area contributed by atoms with Crippen LogP contribution >= 0.6 is 11.6 Å². The number of benzene rings is 2. The number of halogens is 2. The molecular formula is C27H32Cl2N4O5. The number of carbonyl (C=O) groups is 1. The molecule has 1 unspecified atom stereocenters. The van der Waals surface area contributed by atoms with Crippen LogP contribution in [0.3, 0.4) is 0 Å². The number of anilines is 1. The number of phenols is 1. The summed E-state index contributed by atoms with van der Waals surface area (Å²) in [5.74, 6) is 1.56. The largest absolute Gasteiger partial charge is 1.00 e. The van der Waals surface area contributed by atoms with Gasteiger partial charge in [0.05, 0.1) is 52.1 Å². The summed E-state index contributed by atoms with van der Waals surface area (Å²) in [5.41, 5.74) is 5.50. The minimum atomic E-state index is -0.226. The highest BCUT2D eigenvalue weighted by Gasteiger charge is 2.37. The number of methoxy groups -OCH3 is 3. The zero-order chi connectivity index (χ0) is 26.6. The number of aromatic hydroxyl groups is 1. The summed E-state index contributed by atoms with van der Waals surface area (Å²) in [6, 6.07) is 5.24. The Hall–Kier alpha value is -3.27. The second-order valence-corrected chi connectivity index (χ2v) is 10.1. The Balaban J connectivity index is 0.00000336. The van der Waals surface area contributed by atoms with Crippen LogP contribution in [-0.2, 0) is 6.54 Å². The quantitative estimate of drug-likeness (QED) is 0.243. The first-order chi connectivity index (χ1) is 17.7. The predicted octanol–water partition coefficient (Wildman–Crippen LogP) is 0.320. The highest BCUT2D eigenvalue weighted by molar-refractivity contribution is 6.19. The molecule has 11 heteroatoms. The van der Waals surface area contributed by atoms with E-state index in [0.29, 0.717) is 52.1 Å². The van der Waals surface area contributed by atoms with E-state index < -0.39 is 0 Å². The summed E-state index contributed by atoms with van der Waals surface area (Å²) < 4.78 is 16.6. The molecule has 1 aliphatic rings. The van der Waals surface area contributed by atoms with E-state index in [4.69, 9.17) is 25.8 Å². The maximum absolute atomic E-state index is 13.9. The standard InChI is InChI=1S/C27H31ClN4O5.ClH/c1-13-16(12-31(2)3)22-21-15(10-28)11-32(18(21)9-19(33)24(22)29-13)27(34)17-7-14-8-20(35-4)25(36-5)26(37-6)23(14)30-17;/h7-9,15,29-30,33H,10-12H2,1-6H3;1H. The Morgan fingerprint density at radius 2 is 1.82 bits per heavy atom. The van der Waals surface area contributed by atoms with Gasteiger partial charge in [0.1, 0.15) is 18.0 Å². The summed E-state index contributed by atoms with van der Waals surface area (Å²) in [4.78, 5) is 23.4. The number of fused-ring (bicyclic) bond motifs is 4. The van der Waals surface area contributed by atoms with E-state index in [0.717, 1.165) is 34.1 Å². The minimum absolute atomic E-state index is 0. The highest BCUT2D eigenvalue weighted by atomic mass is 35.5. The fourth-order valence-electron chi connectivity index (χ4n) is 5.50. The van der Waals surface area contributed by atoms with E-state index >= 15 is 0 Å². The number of ether oxygens (including phenoxy) is 3. The molecule has 0 aliphatic carbocycles. The van der Waals surface area contributed by atoms with Gasteiger partial charge >= 0.3 is 0 Å². The maximum Gasteiger partial charge on any atom is 0.274 e. The molecule has 0 saturated heterocycles. The highest BCUT2D eigenvalue weighted by Crippen LogP contribution is 2.48. The lowest BCUT2D eigenvalue weighted by molar-refractivity contribution is -0.872. The average molecular weight is 563 g/mol. The SMILES string of the molecule is COc1cc2cc(C(=O)N3CC(CCl)c4c3cc(O)c3[nH]c(C)c(C[NH+](C)C)c43)[nH]c2c(OC)c1OC.[Cl-]. The number of alkyl halides is 1. The number of phenolic OH excluding ortho intramolecular Hbond substituents is 1. The van der Waals surface area contributed by atoms with Gasteiger partial charge in [0, 0.05) is 46.4 Å². The molecule has 2 aromatic carbocycles. The van der Waals surface area contributed by atoms with Crippen LogP contribution in [0.2, 0.25) is 0 Å².